The standard InChI is InChI=1S/C11H11FN2O/c1-7-2-8(4-10(12)3-7)11(15)9-5-13-14-6-9/h2-6,11,15H,1H3,(H,13,14). The second kappa shape index (κ2) is 3.82. The predicted molar refractivity (Wildman–Crippen MR) is 53.8 cm³/mol. The van der Waals surface area contributed by atoms with Crippen molar-refractivity contribution in [1.82, 2.24) is 10.2 Å². The summed E-state index contributed by atoms with van der Waals surface area (Å²) in [5, 5.41) is 16.2. The Kier molecular flexibility index (Phi) is 2.51. The van der Waals surface area contributed by atoms with Crippen molar-refractivity contribution in [3.8, 4) is 0 Å². The molecule has 0 aliphatic rings. The van der Waals surface area contributed by atoms with Crippen molar-refractivity contribution in [3.05, 3.63) is 53.1 Å². The van der Waals surface area contributed by atoms with E-state index >= 15 is 0 Å². The summed E-state index contributed by atoms with van der Waals surface area (Å²) in [5.74, 6) is -0.340. The van der Waals surface area contributed by atoms with Crippen LogP contribution in [-0.4, -0.2) is 15.3 Å². The van der Waals surface area contributed by atoms with Crippen LogP contribution in [0, 0.1) is 12.7 Å². The fourth-order valence-corrected chi connectivity index (χ4v) is 1.53. The van der Waals surface area contributed by atoms with Crippen molar-refractivity contribution >= 4 is 0 Å². The van der Waals surface area contributed by atoms with Crippen molar-refractivity contribution < 1.29 is 9.50 Å². The lowest BCUT2D eigenvalue weighted by atomic mass is 10.0. The number of aliphatic hydroxyl groups is 1. The number of aryl methyl sites for hydroxylation is 1. The van der Waals surface area contributed by atoms with Crippen LogP contribution in [0.25, 0.3) is 0 Å². The first kappa shape index (κ1) is 9.86. The van der Waals surface area contributed by atoms with E-state index in [2.05, 4.69) is 10.2 Å². The van der Waals surface area contributed by atoms with E-state index in [4.69, 9.17) is 0 Å². The zero-order chi connectivity index (χ0) is 10.8. The molecule has 1 unspecified atom stereocenters. The molecule has 15 heavy (non-hydrogen) atoms. The number of H-pyrrole nitrogens is 1. The lowest BCUT2D eigenvalue weighted by Gasteiger charge is -2.09. The summed E-state index contributed by atoms with van der Waals surface area (Å²) in [6.45, 7) is 1.79. The molecule has 1 aromatic heterocycles. The first-order chi connectivity index (χ1) is 7.16. The molecule has 1 aromatic carbocycles. The van der Waals surface area contributed by atoms with Gasteiger partial charge in [-0.25, -0.2) is 4.39 Å². The molecule has 0 aliphatic heterocycles. The van der Waals surface area contributed by atoms with Crippen LogP contribution in [0.2, 0.25) is 0 Å². The average molecular weight is 206 g/mol. The van der Waals surface area contributed by atoms with Gasteiger partial charge >= 0.3 is 0 Å². The number of aromatic amines is 1. The van der Waals surface area contributed by atoms with E-state index in [1.54, 1.807) is 19.2 Å². The zero-order valence-electron chi connectivity index (χ0n) is 8.24. The molecule has 0 amide bonds. The summed E-state index contributed by atoms with van der Waals surface area (Å²) in [6, 6.07) is 4.50. The molecule has 0 aliphatic carbocycles. The third kappa shape index (κ3) is 2.05. The summed E-state index contributed by atoms with van der Waals surface area (Å²) in [5.41, 5.74) is 1.95. The van der Waals surface area contributed by atoms with Gasteiger partial charge in [0.15, 0.2) is 0 Å². The van der Waals surface area contributed by atoms with Gasteiger partial charge in [0, 0.05) is 11.8 Å². The number of hydrogen-bond donors (Lipinski definition) is 2. The molecule has 2 rings (SSSR count). The van der Waals surface area contributed by atoms with Crippen molar-refractivity contribution in [2.75, 3.05) is 0 Å². The molecule has 3 nitrogen and oxygen atoms in total. The van der Waals surface area contributed by atoms with Crippen LogP contribution in [0.5, 0.6) is 0 Å². The highest BCUT2D eigenvalue weighted by atomic mass is 19.1. The zero-order valence-corrected chi connectivity index (χ0v) is 8.24. The molecule has 1 heterocycles. The maximum absolute atomic E-state index is 13.1. The smallest absolute Gasteiger partial charge is 0.123 e. The SMILES string of the molecule is Cc1cc(F)cc(C(O)c2cn[nH]c2)c1. The molecule has 1 atom stereocenters. The molecular weight excluding hydrogens is 195 g/mol. The van der Waals surface area contributed by atoms with Crippen molar-refractivity contribution in [2.24, 2.45) is 0 Å². The largest absolute Gasteiger partial charge is 0.384 e. The van der Waals surface area contributed by atoms with E-state index in [1.165, 1.54) is 18.3 Å². The molecular formula is C11H11FN2O. The van der Waals surface area contributed by atoms with Crippen molar-refractivity contribution in [2.45, 2.75) is 13.0 Å². The number of aromatic nitrogens is 2. The van der Waals surface area contributed by atoms with Gasteiger partial charge in [-0.3, -0.25) is 5.10 Å². The fourth-order valence-electron chi connectivity index (χ4n) is 1.53. The molecule has 0 radical (unpaired) electrons. The molecule has 0 spiro atoms. The second-order valence-electron chi connectivity index (χ2n) is 3.50. The third-order valence-electron chi connectivity index (χ3n) is 2.22. The third-order valence-corrected chi connectivity index (χ3v) is 2.22. The van der Waals surface area contributed by atoms with E-state index in [1.807, 2.05) is 0 Å². The van der Waals surface area contributed by atoms with Crippen LogP contribution < -0.4 is 0 Å². The number of hydrogen-bond acceptors (Lipinski definition) is 2. The van der Waals surface area contributed by atoms with Crippen molar-refractivity contribution in [3.63, 3.8) is 0 Å². The number of halogens is 1. The first-order valence-electron chi connectivity index (χ1n) is 4.60. The highest BCUT2D eigenvalue weighted by molar-refractivity contribution is 5.30. The van der Waals surface area contributed by atoms with Crippen molar-refractivity contribution in [1.29, 1.82) is 0 Å². The lowest BCUT2D eigenvalue weighted by Crippen LogP contribution is -1.99. The Morgan fingerprint density at radius 3 is 2.73 bits per heavy atom. The Bertz CT molecular complexity index is 433. The highest BCUT2D eigenvalue weighted by Gasteiger charge is 2.12. The lowest BCUT2D eigenvalue weighted by molar-refractivity contribution is 0.220. The molecule has 0 fully saturated rings. The minimum atomic E-state index is -0.835. The van der Waals surface area contributed by atoms with Gasteiger partial charge in [0.2, 0.25) is 0 Å². The van der Waals surface area contributed by atoms with Crippen LogP contribution in [0.15, 0.2) is 30.6 Å². The van der Waals surface area contributed by atoms with Gasteiger partial charge < -0.3 is 5.11 Å². The Labute approximate surface area is 86.6 Å². The van der Waals surface area contributed by atoms with Gasteiger partial charge in [-0.05, 0) is 30.2 Å². The first-order valence-corrected chi connectivity index (χ1v) is 4.60. The quantitative estimate of drug-likeness (QED) is 0.788. The van der Waals surface area contributed by atoms with Crippen LogP contribution in [0.4, 0.5) is 4.39 Å². The highest BCUT2D eigenvalue weighted by Crippen LogP contribution is 2.22. The number of aliphatic hydroxyl groups excluding tert-OH is 1. The minimum Gasteiger partial charge on any atom is -0.384 e. The maximum Gasteiger partial charge on any atom is 0.123 e. The fraction of sp³-hybridized carbons (Fsp3) is 0.182. The molecule has 78 valence electrons. The summed E-state index contributed by atoms with van der Waals surface area (Å²) >= 11 is 0. The van der Waals surface area contributed by atoms with E-state index in [9.17, 15) is 9.50 Å². The molecule has 0 bridgehead atoms. The Morgan fingerprint density at radius 2 is 2.13 bits per heavy atom. The number of nitrogens with one attached hydrogen (secondary N) is 1. The monoisotopic (exact) mass is 206 g/mol. The van der Waals surface area contributed by atoms with E-state index in [-0.39, 0.29) is 5.82 Å². The summed E-state index contributed by atoms with van der Waals surface area (Å²) in [4.78, 5) is 0. The Balaban J connectivity index is 2.37. The van der Waals surface area contributed by atoms with Gasteiger partial charge in [0.1, 0.15) is 11.9 Å². The summed E-state index contributed by atoms with van der Waals surface area (Å²) in [7, 11) is 0. The van der Waals surface area contributed by atoms with E-state index < -0.39 is 6.10 Å². The summed E-state index contributed by atoms with van der Waals surface area (Å²) < 4.78 is 13.1. The molecule has 2 aromatic rings. The minimum absolute atomic E-state index is 0.340. The van der Waals surface area contributed by atoms with E-state index in [0.29, 0.717) is 11.1 Å². The van der Waals surface area contributed by atoms with Gasteiger partial charge in [0.05, 0.1) is 6.20 Å². The number of rotatable bonds is 2. The van der Waals surface area contributed by atoms with Gasteiger partial charge in [-0.15, -0.1) is 0 Å². The topological polar surface area (TPSA) is 48.9 Å². The number of nitrogens with zero attached hydrogens (tertiary/aromatic N) is 1. The average Bonchev–Trinajstić information content (AvgIpc) is 2.67. The number of benzene rings is 1. The second-order valence-corrected chi connectivity index (χ2v) is 3.50. The molecule has 2 N–H and O–H groups in total. The summed E-state index contributed by atoms with van der Waals surface area (Å²) in [6.07, 6.45) is 2.27. The Hall–Kier alpha value is -1.68. The van der Waals surface area contributed by atoms with Gasteiger partial charge in [-0.2, -0.15) is 5.10 Å². The Morgan fingerprint density at radius 1 is 1.33 bits per heavy atom. The molecule has 0 saturated carbocycles. The van der Waals surface area contributed by atoms with E-state index in [0.717, 1.165) is 5.56 Å². The van der Waals surface area contributed by atoms with Crippen LogP contribution in [-0.2, 0) is 0 Å². The predicted octanol–water partition coefficient (Wildman–Crippen LogP) is 1.94. The van der Waals surface area contributed by atoms with Crippen LogP contribution in [0.1, 0.15) is 22.8 Å². The van der Waals surface area contributed by atoms with Crippen LogP contribution >= 0.6 is 0 Å². The normalized spacial score (nSPS) is 12.7. The van der Waals surface area contributed by atoms with Gasteiger partial charge in [0.25, 0.3) is 0 Å². The van der Waals surface area contributed by atoms with Crippen LogP contribution in [0.3, 0.4) is 0 Å². The maximum atomic E-state index is 13.1. The molecule has 4 heteroatoms. The van der Waals surface area contributed by atoms with Gasteiger partial charge in [-0.1, -0.05) is 6.07 Å². The molecule has 0 saturated heterocycles.